The molecular weight excluding hydrogens is 305 g/mol. The Labute approximate surface area is 117 Å². The monoisotopic (exact) mass is 314 g/mol. The van der Waals surface area contributed by atoms with Gasteiger partial charge in [0.25, 0.3) is 0 Å². The van der Waals surface area contributed by atoms with Crippen LogP contribution in [0.5, 0.6) is 0 Å². The lowest BCUT2D eigenvalue weighted by Crippen LogP contribution is -2.27. The minimum atomic E-state index is -3.45. The van der Waals surface area contributed by atoms with Crippen LogP contribution in [-0.2, 0) is 0 Å². The van der Waals surface area contributed by atoms with Crippen molar-refractivity contribution in [3.63, 3.8) is 0 Å². The molecule has 3 nitrogen and oxygen atoms in total. The van der Waals surface area contributed by atoms with E-state index >= 15 is 0 Å². The summed E-state index contributed by atoms with van der Waals surface area (Å²) < 4.78 is 21.9. The molecule has 0 aliphatic rings. The Morgan fingerprint density at radius 1 is 1.44 bits per heavy atom. The van der Waals surface area contributed by atoms with Gasteiger partial charge in [0.1, 0.15) is 0 Å². The molecule has 1 rings (SSSR count). The first kappa shape index (κ1) is 15.3. The van der Waals surface area contributed by atoms with Crippen LogP contribution in [0.2, 0.25) is 5.02 Å². The highest BCUT2D eigenvalue weighted by molar-refractivity contribution is 8.01. The molecule has 0 heterocycles. The molecule has 1 aromatic carbocycles. The van der Waals surface area contributed by atoms with Gasteiger partial charge in [0, 0.05) is 24.7 Å². The Bertz CT molecular complexity index is 452. The zero-order valence-corrected chi connectivity index (χ0v) is 11.8. The second-order valence-corrected chi connectivity index (χ2v) is 5.78. The maximum atomic E-state index is 12.7. The van der Waals surface area contributed by atoms with Gasteiger partial charge in [-0.25, -0.2) is 4.79 Å². The van der Waals surface area contributed by atoms with Crippen LogP contribution in [0.4, 0.5) is 19.3 Å². The zero-order chi connectivity index (χ0) is 13.9. The molecule has 0 saturated carbocycles. The number of urea groups is 1. The van der Waals surface area contributed by atoms with Crippen molar-refractivity contribution < 1.29 is 13.6 Å². The van der Waals surface area contributed by atoms with E-state index in [1.54, 1.807) is 14.1 Å². The third-order valence-corrected chi connectivity index (χ3v) is 3.28. The second kappa shape index (κ2) is 5.95. The molecule has 18 heavy (non-hydrogen) atoms. The SMILES string of the molecule is CN(C)C(=O)Nc1ccc(Cl)c(SC(F)(F)Cl)c1. The van der Waals surface area contributed by atoms with Crippen molar-refractivity contribution in [3.05, 3.63) is 23.2 Å². The molecule has 8 heteroatoms. The topological polar surface area (TPSA) is 32.3 Å². The van der Waals surface area contributed by atoms with E-state index in [1.807, 2.05) is 0 Å². The van der Waals surface area contributed by atoms with Crippen molar-refractivity contribution in [2.24, 2.45) is 0 Å². The van der Waals surface area contributed by atoms with Crippen LogP contribution in [0.1, 0.15) is 0 Å². The summed E-state index contributed by atoms with van der Waals surface area (Å²) in [7, 11) is 3.13. The van der Waals surface area contributed by atoms with Crippen molar-refractivity contribution in [1.29, 1.82) is 0 Å². The minimum Gasteiger partial charge on any atom is -0.331 e. The van der Waals surface area contributed by atoms with Crippen LogP contribution >= 0.6 is 35.0 Å². The highest BCUT2D eigenvalue weighted by Gasteiger charge is 2.27. The van der Waals surface area contributed by atoms with Crippen LogP contribution in [0.15, 0.2) is 23.1 Å². The number of nitrogens with one attached hydrogen (secondary N) is 1. The van der Waals surface area contributed by atoms with Crippen molar-refractivity contribution in [2.45, 2.75) is 9.61 Å². The Balaban J connectivity index is 2.90. The normalized spacial score (nSPS) is 11.2. The number of amides is 2. The number of alkyl halides is 3. The zero-order valence-electron chi connectivity index (χ0n) is 9.51. The molecule has 0 fully saturated rings. The summed E-state index contributed by atoms with van der Waals surface area (Å²) in [6, 6.07) is 3.90. The highest BCUT2D eigenvalue weighted by atomic mass is 35.5. The summed E-state index contributed by atoms with van der Waals surface area (Å²) in [5, 5.41) is 2.66. The third kappa shape index (κ3) is 4.88. The number of halogens is 4. The summed E-state index contributed by atoms with van der Waals surface area (Å²) in [4.78, 5) is 12.8. The Morgan fingerprint density at radius 3 is 2.56 bits per heavy atom. The second-order valence-electron chi connectivity index (χ2n) is 3.52. The van der Waals surface area contributed by atoms with E-state index in [0.29, 0.717) is 5.69 Å². The maximum Gasteiger partial charge on any atom is 0.375 e. The Kier molecular flexibility index (Phi) is 5.07. The first-order chi connectivity index (χ1) is 8.19. The molecule has 2 amide bonds. The van der Waals surface area contributed by atoms with E-state index in [0.717, 1.165) is 0 Å². The van der Waals surface area contributed by atoms with Gasteiger partial charge in [-0.15, -0.1) is 0 Å². The molecular formula is C10H10Cl2F2N2OS. The molecule has 100 valence electrons. The first-order valence-corrected chi connectivity index (χ1v) is 6.30. The molecule has 0 spiro atoms. The molecule has 1 N–H and O–H groups in total. The number of hydrogen-bond donors (Lipinski definition) is 1. The lowest BCUT2D eigenvalue weighted by molar-refractivity contribution is 0.203. The van der Waals surface area contributed by atoms with Crippen LogP contribution in [-0.4, -0.2) is 29.7 Å². The lowest BCUT2D eigenvalue weighted by atomic mass is 10.3. The van der Waals surface area contributed by atoms with Crippen molar-refractivity contribution >= 4 is 46.7 Å². The van der Waals surface area contributed by atoms with Crippen LogP contribution in [0.25, 0.3) is 0 Å². The van der Waals surface area contributed by atoms with Gasteiger partial charge >= 0.3 is 10.7 Å². The fraction of sp³-hybridized carbons (Fsp3) is 0.300. The molecule has 1 aromatic rings. The van der Waals surface area contributed by atoms with Gasteiger partial charge in [-0.05, 0) is 41.6 Å². The van der Waals surface area contributed by atoms with Gasteiger partial charge in [0.2, 0.25) is 0 Å². The molecule has 0 radical (unpaired) electrons. The molecule has 0 unspecified atom stereocenters. The average molecular weight is 315 g/mol. The molecule has 0 saturated heterocycles. The number of benzene rings is 1. The number of thioether (sulfide) groups is 1. The Hall–Kier alpha value is -0.720. The van der Waals surface area contributed by atoms with Gasteiger partial charge in [0.15, 0.2) is 0 Å². The van der Waals surface area contributed by atoms with E-state index in [9.17, 15) is 13.6 Å². The Morgan fingerprint density at radius 2 is 2.06 bits per heavy atom. The molecule has 0 aliphatic carbocycles. The summed E-state index contributed by atoms with van der Waals surface area (Å²) in [5.74, 6) is 0. The van der Waals surface area contributed by atoms with Gasteiger partial charge in [-0.2, -0.15) is 8.78 Å². The largest absolute Gasteiger partial charge is 0.375 e. The number of carbonyl (C=O) groups is 1. The number of anilines is 1. The van der Waals surface area contributed by atoms with Gasteiger partial charge in [-0.3, -0.25) is 0 Å². The summed E-state index contributed by atoms with van der Waals surface area (Å²) in [6.07, 6.45) is 0. The standard InChI is InChI=1S/C10H10Cl2F2N2OS/c1-16(2)9(17)15-6-3-4-7(11)8(5-6)18-10(12,13)14/h3-5H,1-2H3,(H,15,17). The quantitative estimate of drug-likeness (QED) is 0.666. The predicted octanol–water partition coefficient (Wildman–Crippen LogP) is 4.31. The van der Waals surface area contributed by atoms with Crippen molar-refractivity contribution in [2.75, 3.05) is 19.4 Å². The van der Waals surface area contributed by atoms with Crippen LogP contribution in [0, 0.1) is 0 Å². The number of hydrogen-bond acceptors (Lipinski definition) is 2. The maximum absolute atomic E-state index is 12.7. The van der Waals surface area contributed by atoms with Crippen molar-refractivity contribution in [1.82, 2.24) is 4.90 Å². The van der Waals surface area contributed by atoms with Crippen LogP contribution < -0.4 is 5.32 Å². The van der Waals surface area contributed by atoms with E-state index in [4.69, 9.17) is 23.2 Å². The number of rotatable bonds is 3. The van der Waals surface area contributed by atoms with E-state index < -0.39 is 4.71 Å². The number of carbonyl (C=O) groups excluding carboxylic acids is 1. The van der Waals surface area contributed by atoms with Crippen molar-refractivity contribution in [3.8, 4) is 0 Å². The fourth-order valence-corrected chi connectivity index (χ4v) is 2.10. The fourth-order valence-electron chi connectivity index (χ4n) is 1.02. The highest BCUT2D eigenvalue weighted by Crippen LogP contribution is 2.42. The predicted molar refractivity (Wildman–Crippen MR) is 70.8 cm³/mol. The molecule has 0 atom stereocenters. The van der Waals surface area contributed by atoms with E-state index in [1.165, 1.54) is 23.1 Å². The van der Waals surface area contributed by atoms with Gasteiger partial charge < -0.3 is 10.2 Å². The lowest BCUT2D eigenvalue weighted by Gasteiger charge is -2.14. The third-order valence-electron chi connectivity index (χ3n) is 1.81. The molecule has 0 bridgehead atoms. The number of nitrogens with zero attached hydrogens (tertiary/aromatic N) is 1. The summed E-state index contributed by atoms with van der Waals surface area (Å²) >= 11 is 10.7. The van der Waals surface area contributed by atoms with E-state index in [-0.39, 0.29) is 27.7 Å². The summed E-state index contributed by atoms with van der Waals surface area (Å²) in [5.41, 5.74) is 0.363. The minimum absolute atomic E-state index is 0.0909. The van der Waals surface area contributed by atoms with E-state index in [2.05, 4.69) is 5.32 Å². The molecule has 0 aromatic heterocycles. The smallest absolute Gasteiger partial charge is 0.331 e. The van der Waals surface area contributed by atoms with Gasteiger partial charge in [-0.1, -0.05) is 11.6 Å². The van der Waals surface area contributed by atoms with Gasteiger partial charge in [0.05, 0.1) is 5.02 Å². The first-order valence-electron chi connectivity index (χ1n) is 4.72. The summed E-state index contributed by atoms with van der Waals surface area (Å²) in [6.45, 7) is 0. The average Bonchev–Trinajstić information content (AvgIpc) is 2.20. The van der Waals surface area contributed by atoms with Crippen LogP contribution in [0.3, 0.4) is 0 Å². The molecule has 0 aliphatic heterocycles.